The van der Waals surface area contributed by atoms with E-state index < -0.39 is 0 Å². The molecule has 0 aliphatic heterocycles. The maximum Gasteiger partial charge on any atom is 0.338 e. The zero-order valence-electron chi connectivity index (χ0n) is 12.4. The predicted octanol–water partition coefficient (Wildman–Crippen LogP) is 3.38. The summed E-state index contributed by atoms with van der Waals surface area (Å²) in [6, 6.07) is 4.96. The number of carbonyl (C=O) groups is 2. The summed E-state index contributed by atoms with van der Waals surface area (Å²) in [5.74, 6) is -0.688. The fourth-order valence-electron chi connectivity index (χ4n) is 1.76. The van der Waals surface area contributed by atoms with E-state index in [1.54, 1.807) is 18.2 Å². The Labute approximate surface area is 120 Å². The van der Waals surface area contributed by atoms with Crippen molar-refractivity contribution in [2.75, 3.05) is 13.2 Å². The summed E-state index contributed by atoms with van der Waals surface area (Å²) in [5, 5.41) is 0. The number of esters is 2. The van der Waals surface area contributed by atoms with E-state index in [-0.39, 0.29) is 11.9 Å². The van der Waals surface area contributed by atoms with Gasteiger partial charge >= 0.3 is 11.9 Å². The lowest BCUT2D eigenvalue weighted by Gasteiger charge is -2.10. The average molecular weight is 278 g/mol. The lowest BCUT2D eigenvalue weighted by atomic mass is 10.0. The number of hydrogen-bond donors (Lipinski definition) is 0. The number of hydrogen-bond acceptors (Lipinski definition) is 4. The summed E-state index contributed by atoms with van der Waals surface area (Å²) in [7, 11) is 0. The summed E-state index contributed by atoms with van der Waals surface area (Å²) in [6.45, 7) is 6.63. The topological polar surface area (TPSA) is 52.6 Å². The third-order valence-electron chi connectivity index (χ3n) is 2.82. The van der Waals surface area contributed by atoms with Crippen LogP contribution in [-0.2, 0) is 15.9 Å². The van der Waals surface area contributed by atoms with Crippen molar-refractivity contribution in [2.24, 2.45) is 0 Å². The van der Waals surface area contributed by atoms with Gasteiger partial charge < -0.3 is 9.47 Å². The average Bonchev–Trinajstić information content (AvgIpc) is 2.49. The van der Waals surface area contributed by atoms with Gasteiger partial charge in [0.05, 0.1) is 24.3 Å². The Balaban J connectivity index is 2.90. The van der Waals surface area contributed by atoms with Crippen molar-refractivity contribution >= 4 is 11.9 Å². The molecule has 1 aromatic carbocycles. The molecule has 0 unspecified atom stereocenters. The molecule has 0 spiro atoms. The first-order valence-corrected chi connectivity index (χ1v) is 7.11. The van der Waals surface area contributed by atoms with Crippen LogP contribution in [-0.4, -0.2) is 25.2 Å². The molecule has 4 nitrogen and oxygen atoms in total. The molecule has 0 fully saturated rings. The van der Waals surface area contributed by atoms with Gasteiger partial charge in [-0.25, -0.2) is 9.59 Å². The molecule has 0 N–H and O–H groups in total. The smallest absolute Gasteiger partial charge is 0.338 e. The van der Waals surface area contributed by atoms with Gasteiger partial charge in [-0.1, -0.05) is 20.8 Å². The van der Waals surface area contributed by atoms with Crippen LogP contribution in [0.25, 0.3) is 0 Å². The molecule has 0 bridgehead atoms. The number of ether oxygens (including phenoxy) is 2. The highest BCUT2D eigenvalue weighted by Crippen LogP contribution is 2.15. The number of aryl methyl sites for hydroxylation is 1. The Morgan fingerprint density at radius 1 is 0.950 bits per heavy atom. The summed E-state index contributed by atoms with van der Waals surface area (Å²) >= 11 is 0. The molecular formula is C16H22O4. The van der Waals surface area contributed by atoms with Gasteiger partial charge in [0.1, 0.15) is 0 Å². The van der Waals surface area contributed by atoms with Gasteiger partial charge in [0, 0.05) is 0 Å². The zero-order valence-corrected chi connectivity index (χ0v) is 12.4. The van der Waals surface area contributed by atoms with Crippen molar-refractivity contribution in [3.8, 4) is 0 Å². The Bertz CT molecular complexity index is 466. The number of carbonyl (C=O) groups excluding carboxylic acids is 2. The standard InChI is InChI=1S/C16H22O4/c1-4-9-19-15(17)13-7-8-14(12(6-3)11-13)16(18)20-10-5-2/h7-8,11H,4-6,9-10H2,1-3H3. The Morgan fingerprint density at radius 2 is 1.55 bits per heavy atom. The van der Waals surface area contributed by atoms with Crippen molar-refractivity contribution in [3.05, 3.63) is 34.9 Å². The highest BCUT2D eigenvalue weighted by Gasteiger charge is 2.15. The zero-order chi connectivity index (χ0) is 15.0. The van der Waals surface area contributed by atoms with E-state index in [4.69, 9.17) is 9.47 Å². The van der Waals surface area contributed by atoms with E-state index >= 15 is 0 Å². The quantitative estimate of drug-likeness (QED) is 0.717. The molecule has 0 radical (unpaired) electrons. The van der Waals surface area contributed by atoms with E-state index in [2.05, 4.69) is 0 Å². The van der Waals surface area contributed by atoms with Crippen LogP contribution in [0.3, 0.4) is 0 Å². The summed E-state index contributed by atoms with van der Waals surface area (Å²) in [4.78, 5) is 23.7. The van der Waals surface area contributed by atoms with Crippen LogP contribution in [0, 0.1) is 0 Å². The maximum atomic E-state index is 11.9. The number of rotatable bonds is 7. The summed E-state index contributed by atoms with van der Waals surface area (Å²) in [6.07, 6.45) is 2.23. The maximum absolute atomic E-state index is 11.9. The summed E-state index contributed by atoms with van der Waals surface area (Å²) in [5.41, 5.74) is 1.80. The van der Waals surface area contributed by atoms with E-state index in [0.717, 1.165) is 18.4 Å². The third kappa shape index (κ3) is 4.37. The molecule has 1 rings (SSSR count). The first-order chi connectivity index (χ1) is 9.63. The Hall–Kier alpha value is -1.84. The van der Waals surface area contributed by atoms with Gasteiger partial charge in [-0.3, -0.25) is 0 Å². The molecule has 0 heterocycles. The van der Waals surface area contributed by atoms with Crippen molar-refractivity contribution in [3.63, 3.8) is 0 Å². The van der Waals surface area contributed by atoms with Crippen LogP contribution in [0.5, 0.6) is 0 Å². The van der Waals surface area contributed by atoms with Gasteiger partial charge in [0.2, 0.25) is 0 Å². The largest absolute Gasteiger partial charge is 0.462 e. The molecule has 0 aromatic heterocycles. The molecule has 0 aliphatic carbocycles. The van der Waals surface area contributed by atoms with Crippen molar-refractivity contribution < 1.29 is 19.1 Å². The second kappa shape index (κ2) is 8.35. The van der Waals surface area contributed by atoms with Crippen molar-refractivity contribution in [1.29, 1.82) is 0 Å². The first kappa shape index (κ1) is 16.2. The van der Waals surface area contributed by atoms with E-state index in [0.29, 0.717) is 30.8 Å². The molecular weight excluding hydrogens is 256 g/mol. The van der Waals surface area contributed by atoms with Gasteiger partial charge in [0.25, 0.3) is 0 Å². The highest BCUT2D eigenvalue weighted by molar-refractivity contribution is 5.94. The minimum absolute atomic E-state index is 0.336. The van der Waals surface area contributed by atoms with Crippen LogP contribution < -0.4 is 0 Å². The van der Waals surface area contributed by atoms with Crippen LogP contribution in [0.2, 0.25) is 0 Å². The van der Waals surface area contributed by atoms with E-state index in [9.17, 15) is 9.59 Å². The minimum Gasteiger partial charge on any atom is -0.462 e. The molecule has 1 aromatic rings. The molecule has 0 saturated heterocycles. The molecule has 110 valence electrons. The molecule has 0 saturated carbocycles. The molecule has 0 aliphatic rings. The minimum atomic E-state index is -0.352. The predicted molar refractivity (Wildman–Crippen MR) is 77.0 cm³/mol. The Morgan fingerprint density at radius 3 is 2.10 bits per heavy atom. The lowest BCUT2D eigenvalue weighted by molar-refractivity contribution is 0.0489. The van der Waals surface area contributed by atoms with Crippen molar-refractivity contribution in [1.82, 2.24) is 0 Å². The fourth-order valence-corrected chi connectivity index (χ4v) is 1.76. The second-order valence-corrected chi connectivity index (χ2v) is 4.50. The lowest BCUT2D eigenvalue weighted by Crippen LogP contribution is -2.11. The molecule has 0 amide bonds. The third-order valence-corrected chi connectivity index (χ3v) is 2.82. The molecule has 4 heteroatoms. The van der Waals surface area contributed by atoms with Gasteiger partial charge in [0.15, 0.2) is 0 Å². The van der Waals surface area contributed by atoms with Crippen LogP contribution in [0.15, 0.2) is 18.2 Å². The van der Waals surface area contributed by atoms with E-state index in [1.807, 2.05) is 20.8 Å². The Kier molecular flexibility index (Phi) is 6.77. The molecule has 0 atom stereocenters. The highest BCUT2D eigenvalue weighted by atomic mass is 16.5. The fraction of sp³-hybridized carbons (Fsp3) is 0.500. The number of benzene rings is 1. The van der Waals surface area contributed by atoms with Crippen LogP contribution >= 0.6 is 0 Å². The monoisotopic (exact) mass is 278 g/mol. The van der Waals surface area contributed by atoms with Gasteiger partial charge in [-0.15, -0.1) is 0 Å². The van der Waals surface area contributed by atoms with Crippen molar-refractivity contribution in [2.45, 2.75) is 40.0 Å². The van der Waals surface area contributed by atoms with Gasteiger partial charge in [-0.2, -0.15) is 0 Å². The second-order valence-electron chi connectivity index (χ2n) is 4.50. The first-order valence-electron chi connectivity index (χ1n) is 7.11. The molecule has 20 heavy (non-hydrogen) atoms. The summed E-state index contributed by atoms with van der Waals surface area (Å²) < 4.78 is 10.2. The van der Waals surface area contributed by atoms with E-state index in [1.165, 1.54) is 0 Å². The van der Waals surface area contributed by atoms with Gasteiger partial charge in [-0.05, 0) is 43.0 Å². The van der Waals surface area contributed by atoms with Crippen LogP contribution in [0.4, 0.5) is 0 Å². The van der Waals surface area contributed by atoms with Crippen LogP contribution in [0.1, 0.15) is 59.9 Å². The normalized spacial score (nSPS) is 10.2. The SMILES string of the molecule is CCCOC(=O)c1ccc(C(=O)OCCC)c(CC)c1.